The number of rotatable bonds is 2. The maximum atomic E-state index is 10.9. The molecule has 4 heteroatoms. The summed E-state index contributed by atoms with van der Waals surface area (Å²) in [6, 6.07) is -0.320. The van der Waals surface area contributed by atoms with Crippen LogP contribution in [0.1, 0.15) is 33.1 Å². The fourth-order valence-electron chi connectivity index (χ4n) is 2.48. The van der Waals surface area contributed by atoms with E-state index in [2.05, 4.69) is 19.2 Å². The first kappa shape index (κ1) is 11.3. The van der Waals surface area contributed by atoms with Crippen molar-refractivity contribution in [3.05, 3.63) is 0 Å². The Balaban J connectivity index is 1.92. The van der Waals surface area contributed by atoms with Gasteiger partial charge in [0.15, 0.2) is 0 Å². The highest BCUT2D eigenvalue weighted by Crippen LogP contribution is 2.50. The Morgan fingerprint density at radius 1 is 1.53 bits per heavy atom. The highest BCUT2D eigenvalue weighted by atomic mass is 32.2. The van der Waals surface area contributed by atoms with Crippen LogP contribution in [-0.2, 0) is 4.79 Å². The third-order valence-corrected chi connectivity index (χ3v) is 5.09. The monoisotopic (exact) mass is 229 g/mol. The van der Waals surface area contributed by atoms with Crippen LogP contribution in [0.15, 0.2) is 0 Å². The van der Waals surface area contributed by atoms with Crippen LogP contribution in [0.2, 0.25) is 0 Å². The second-order valence-corrected chi connectivity index (χ2v) is 6.56. The van der Waals surface area contributed by atoms with Gasteiger partial charge in [0.05, 0.1) is 4.87 Å². The number of aliphatic carboxylic acids is 1. The molecule has 15 heavy (non-hydrogen) atoms. The molecule has 1 atom stereocenters. The average Bonchev–Trinajstić information content (AvgIpc) is 2.13. The van der Waals surface area contributed by atoms with E-state index in [1.54, 1.807) is 0 Å². The molecule has 1 aliphatic heterocycles. The third kappa shape index (κ3) is 2.16. The van der Waals surface area contributed by atoms with E-state index in [0.29, 0.717) is 0 Å². The van der Waals surface area contributed by atoms with Gasteiger partial charge in [-0.05, 0) is 36.9 Å². The van der Waals surface area contributed by atoms with Crippen molar-refractivity contribution < 1.29 is 9.90 Å². The molecule has 1 unspecified atom stereocenters. The summed E-state index contributed by atoms with van der Waals surface area (Å²) in [6.07, 6.45) is 3.03. The van der Waals surface area contributed by atoms with Gasteiger partial charge in [-0.2, -0.15) is 0 Å². The number of nitrogens with one attached hydrogen (secondary N) is 1. The van der Waals surface area contributed by atoms with E-state index >= 15 is 0 Å². The number of thioether (sulfide) groups is 1. The topological polar surface area (TPSA) is 49.3 Å². The highest BCUT2D eigenvalue weighted by Gasteiger charge is 2.49. The van der Waals surface area contributed by atoms with Gasteiger partial charge in [-0.3, -0.25) is 10.1 Å². The first-order valence-electron chi connectivity index (χ1n) is 5.67. The van der Waals surface area contributed by atoms with Crippen LogP contribution in [0.4, 0.5) is 0 Å². The summed E-state index contributed by atoms with van der Waals surface area (Å²) in [6.45, 7) is 4.50. The van der Waals surface area contributed by atoms with E-state index in [-0.39, 0.29) is 10.9 Å². The molecule has 0 aromatic heterocycles. The average molecular weight is 229 g/mol. The molecule has 0 aromatic rings. The summed E-state index contributed by atoms with van der Waals surface area (Å²) < 4.78 is 0. The van der Waals surface area contributed by atoms with Gasteiger partial charge in [-0.25, -0.2) is 0 Å². The summed E-state index contributed by atoms with van der Waals surface area (Å²) in [7, 11) is 0. The van der Waals surface area contributed by atoms with E-state index in [0.717, 1.165) is 36.9 Å². The molecule has 2 rings (SSSR count). The van der Waals surface area contributed by atoms with E-state index in [9.17, 15) is 4.79 Å². The van der Waals surface area contributed by atoms with Crippen LogP contribution < -0.4 is 5.32 Å². The lowest BCUT2D eigenvalue weighted by Crippen LogP contribution is -2.61. The zero-order chi connectivity index (χ0) is 11.1. The van der Waals surface area contributed by atoms with E-state index < -0.39 is 5.97 Å². The Kier molecular flexibility index (Phi) is 2.99. The number of carboxylic acids is 1. The normalized spacial score (nSPS) is 40.5. The Hall–Kier alpha value is -0.220. The molecule has 0 bridgehead atoms. The summed E-state index contributed by atoms with van der Waals surface area (Å²) in [5, 5.41) is 12.3. The van der Waals surface area contributed by atoms with Gasteiger partial charge in [0.1, 0.15) is 6.04 Å². The van der Waals surface area contributed by atoms with Gasteiger partial charge in [-0.15, -0.1) is 11.8 Å². The molecule has 1 saturated heterocycles. The van der Waals surface area contributed by atoms with Gasteiger partial charge >= 0.3 is 5.97 Å². The molecule has 3 nitrogen and oxygen atoms in total. The van der Waals surface area contributed by atoms with Crippen molar-refractivity contribution in [1.82, 2.24) is 5.32 Å². The molecular weight excluding hydrogens is 210 g/mol. The first-order chi connectivity index (χ1) is 7.02. The molecule has 0 amide bonds. The highest BCUT2D eigenvalue weighted by molar-refractivity contribution is 8.00. The zero-order valence-electron chi connectivity index (χ0n) is 9.32. The van der Waals surface area contributed by atoms with Gasteiger partial charge in [-0.1, -0.05) is 13.8 Å². The maximum Gasteiger partial charge on any atom is 0.320 e. The fourth-order valence-corrected chi connectivity index (χ4v) is 4.12. The Bertz CT molecular complexity index is 261. The summed E-state index contributed by atoms with van der Waals surface area (Å²) >= 11 is 1.92. The van der Waals surface area contributed by atoms with Crippen LogP contribution in [0.25, 0.3) is 0 Å². The Morgan fingerprint density at radius 3 is 2.73 bits per heavy atom. The van der Waals surface area contributed by atoms with Crippen LogP contribution in [-0.4, -0.2) is 27.7 Å². The SMILES string of the molecule is CC(C)C1CC2(C1)NC(C(=O)O)CCS2. The molecular formula is C11H19NO2S. The number of hydrogen-bond donors (Lipinski definition) is 2. The van der Waals surface area contributed by atoms with Crippen molar-refractivity contribution in [3.63, 3.8) is 0 Å². The molecule has 1 saturated carbocycles. The molecule has 0 aromatic carbocycles. The lowest BCUT2D eigenvalue weighted by atomic mass is 9.72. The summed E-state index contributed by atoms with van der Waals surface area (Å²) in [5.41, 5.74) is 0. The zero-order valence-corrected chi connectivity index (χ0v) is 10.1. The fraction of sp³-hybridized carbons (Fsp3) is 0.909. The number of carboxylic acid groups (broad SMARTS) is 1. The number of hydrogen-bond acceptors (Lipinski definition) is 3. The number of carbonyl (C=O) groups is 1. The van der Waals surface area contributed by atoms with Crippen molar-refractivity contribution in [2.75, 3.05) is 5.75 Å². The van der Waals surface area contributed by atoms with E-state index in [1.807, 2.05) is 11.8 Å². The Morgan fingerprint density at radius 2 is 2.20 bits per heavy atom. The second kappa shape index (κ2) is 3.98. The van der Waals surface area contributed by atoms with Crippen molar-refractivity contribution in [3.8, 4) is 0 Å². The minimum absolute atomic E-state index is 0.0935. The van der Waals surface area contributed by atoms with Gasteiger partial charge in [0.2, 0.25) is 0 Å². The second-order valence-electron chi connectivity index (χ2n) is 5.08. The van der Waals surface area contributed by atoms with Crippen LogP contribution in [0.5, 0.6) is 0 Å². The quantitative estimate of drug-likeness (QED) is 0.759. The standard InChI is InChI=1S/C11H19NO2S/c1-7(2)8-5-11(6-8)12-9(10(13)14)3-4-15-11/h7-9,12H,3-6H2,1-2H3,(H,13,14). The van der Waals surface area contributed by atoms with Crippen molar-refractivity contribution >= 4 is 17.7 Å². The van der Waals surface area contributed by atoms with Gasteiger partial charge in [0, 0.05) is 0 Å². The van der Waals surface area contributed by atoms with E-state index in [1.165, 1.54) is 0 Å². The third-order valence-electron chi connectivity index (χ3n) is 3.65. The Labute approximate surface area is 95.0 Å². The molecule has 2 fully saturated rings. The molecule has 1 heterocycles. The molecule has 0 radical (unpaired) electrons. The predicted octanol–water partition coefficient (Wildman–Crippen LogP) is 1.93. The predicted molar refractivity (Wildman–Crippen MR) is 61.9 cm³/mol. The largest absolute Gasteiger partial charge is 0.480 e. The van der Waals surface area contributed by atoms with Crippen LogP contribution in [0.3, 0.4) is 0 Å². The van der Waals surface area contributed by atoms with Crippen LogP contribution >= 0.6 is 11.8 Å². The minimum Gasteiger partial charge on any atom is -0.480 e. The minimum atomic E-state index is -0.692. The van der Waals surface area contributed by atoms with E-state index in [4.69, 9.17) is 5.11 Å². The van der Waals surface area contributed by atoms with Crippen molar-refractivity contribution in [2.24, 2.45) is 11.8 Å². The molecule has 2 aliphatic rings. The summed E-state index contributed by atoms with van der Waals surface area (Å²) in [4.78, 5) is 11.0. The molecule has 2 N–H and O–H groups in total. The smallest absolute Gasteiger partial charge is 0.320 e. The van der Waals surface area contributed by atoms with Crippen molar-refractivity contribution in [1.29, 1.82) is 0 Å². The van der Waals surface area contributed by atoms with Gasteiger partial charge < -0.3 is 5.11 Å². The van der Waals surface area contributed by atoms with Crippen molar-refractivity contribution in [2.45, 2.75) is 44.0 Å². The summed E-state index contributed by atoms with van der Waals surface area (Å²) in [5.74, 6) is 1.79. The molecule has 1 spiro atoms. The lowest BCUT2D eigenvalue weighted by molar-refractivity contribution is -0.140. The molecule has 1 aliphatic carbocycles. The molecule has 86 valence electrons. The van der Waals surface area contributed by atoms with Gasteiger partial charge in [0.25, 0.3) is 0 Å². The lowest BCUT2D eigenvalue weighted by Gasteiger charge is -2.52. The van der Waals surface area contributed by atoms with Crippen LogP contribution in [0, 0.1) is 11.8 Å². The maximum absolute atomic E-state index is 10.9. The first-order valence-corrected chi connectivity index (χ1v) is 6.65.